The highest BCUT2D eigenvalue weighted by Gasteiger charge is 2.25. The van der Waals surface area contributed by atoms with E-state index in [0.717, 1.165) is 40.6 Å². The van der Waals surface area contributed by atoms with Gasteiger partial charge >= 0.3 is 6.03 Å². The van der Waals surface area contributed by atoms with Crippen molar-refractivity contribution in [1.82, 2.24) is 10.3 Å². The molecule has 0 saturated carbocycles. The highest BCUT2D eigenvalue weighted by Crippen LogP contribution is 2.29. The van der Waals surface area contributed by atoms with Crippen molar-refractivity contribution in [3.8, 4) is 0 Å². The number of anilines is 2. The number of carbonyl (C=O) groups excluding carboxylic acids is 1. The van der Waals surface area contributed by atoms with E-state index in [-0.39, 0.29) is 17.9 Å². The van der Waals surface area contributed by atoms with Gasteiger partial charge in [0.15, 0.2) is 0 Å². The minimum absolute atomic E-state index is 0.0455. The second kappa shape index (κ2) is 7.52. The number of nitrogens with one attached hydrogen (secondary N) is 2. The zero-order valence-electron chi connectivity index (χ0n) is 14.5. The van der Waals surface area contributed by atoms with Crippen LogP contribution in [0.4, 0.5) is 20.6 Å². The standard InChI is InChI=1S/C20H18BrFN4O/c21-13-1-6-17-18(11-13)23-9-7-19(17)26-10-8-16(12-26)25-20(27)24-15-4-2-14(22)3-5-15/h1-7,9,11,16H,8,10,12H2,(H2,24,25,27). The summed E-state index contributed by atoms with van der Waals surface area (Å²) in [5.41, 5.74) is 2.62. The highest BCUT2D eigenvalue weighted by molar-refractivity contribution is 9.10. The lowest BCUT2D eigenvalue weighted by Gasteiger charge is -2.21. The number of nitrogens with zero attached hydrogens (tertiary/aromatic N) is 2. The molecule has 27 heavy (non-hydrogen) atoms. The number of aromatic nitrogens is 1. The lowest BCUT2D eigenvalue weighted by molar-refractivity contribution is 0.249. The molecule has 4 rings (SSSR count). The van der Waals surface area contributed by atoms with Crippen molar-refractivity contribution in [1.29, 1.82) is 0 Å². The second-order valence-corrected chi connectivity index (χ2v) is 7.44. The molecule has 5 nitrogen and oxygen atoms in total. The number of hydrogen-bond acceptors (Lipinski definition) is 3. The average Bonchev–Trinajstić information content (AvgIpc) is 3.11. The van der Waals surface area contributed by atoms with Gasteiger partial charge in [-0.05, 0) is 55.0 Å². The Bertz CT molecular complexity index is 979. The maximum Gasteiger partial charge on any atom is 0.319 e. The number of carbonyl (C=O) groups is 1. The molecule has 0 radical (unpaired) electrons. The van der Waals surface area contributed by atoms with Crippen molar-refractivity contribution in [3.63, 3.8) is 0 Å². The zero-order valence-corrected chi connectivity index (χ0v) is 16.0. The summed E-state index contributed by atoms with van der Waals surface area (Å²) in [4.78, 5) is 18.9. The Morgan fingerprint density at radius 3 is 2.81 bits per heavy atom. The van der Waals surface area contributed by atoms with E-state index in [1.54, 1.807) is 0 Å². The van der Waals surface area contributed by atoms with Crippen molar-refractivity contribution in [3.05, 3.63) is 65.0 Å². The highest BCUT2D eigenvalue weighted by atomic mass is 79.9. The minimum Gasteiger partial charge on any atom is -0.369 e. The summed E-state index contributed by atoms with van der Waals surface area (Å²) < 4.78 is 13.9. The van der Waals surface area contributed by atoms with E-state index in [9.17, 15) is 9.18 Å². The maximum atomic E-state index is 12.9. The number of urea groups is 1. The summed E-state index contributed by atoms with van der Waals surface area (Å²) in [6.45, 7) is 1.59. The van der Waals surface area contributed by atoms with E-state index in [4.69, 9.17) is 0 Å². The third kappa shape index (κ3) is 4.03. The number of fused-ring (bicyclic) bond motifs is 1. The summed E-state index contributed by atoms with van der Waals surface area (Å²) >= 11 is 3.48. The Labute approximate surface area is 164 Å². The Morgan fingerprint density at radius 2 is 2.00 bits per heavy atom. The van der Waals surface area contributed by atoms with E-state index in [1.807, 2.05) is 24.4 Å². The van der Waals surface area contributed by atoms with E-state index in [2.05, 4.69) is 42.5 Å². The average molecular weight is 429 g/mol. The van der Waals surface area contributed by atoms with Gasteiger partial charge < -0.3 is 15.5 Å². The van der Waals surface area contributed by atoms with E-state index in [0.29, 0.717) is 5.69 Å². The van der Waals surface area contributed by atoms with Crippen LogP contribution in [0.25, 0.3) is 10.9 Å². The Hall–Kier alpha value is -2.67. The molecule has 2 aromatic carbocycles. The largest absolute Gasteiger partial charge is 0.369 e. The maximum absolute atomic E-state index is 12.9. The van der Waals surface area contributed by atoms with Crippen LogP contribution in [0.2, 0.25) is 0 Å². The first kappa shape index (κ1) is 17.7. The normalized spacial score (nSPS) is 16.5. The van der Waals surface area contributed by atoms with Gasteiger partial charge in [0.25, 0.3) is 0 Å². The zero-order chi connectivity index (χ0) is 18.8. The molecule has 1 aliphatic heterocycles. The molecule has 0 bridgehead atoms. The fraction of sp³-hybridized carbons (Fsp3) is 0.200. The molecule has 2 heterocycles. The van der Waals surface area contributed by atoms with Crippen molar-refractivity contribution in [2.75, 3.05) is 23.3 Å². The molecule has 1 unspecified atom stereocenters. The first-order valence-electron chi connectivity index (χ1n) is 8.71. The quantitative estimate of drug-likeness (QED) is 0.643. The topological polar surface area (TPSA) is 57.3 Å². The molecule has 2 amide bonds. The van der Waals surface area contributed by atoms with Gasteiger partial charge in [0, 0.05) is 46.6 Å². The fourth-order valence-electron chi connectivity index (χ4n) is 3.36. The SMILES string of the molecule is O=C(Nc1ccc(F)cc1)NC1CCN(c2ccnc3cc(Br)ccc23)C1. The molecule has 1 aromatic heterocycles. The molecule has 138 valence electrons. The third-order valence-corrected chi connectivity index (χ3v) is 5.14. The summed E-state index contributed by atoms with van der Waals surface area (Å²) in [7, 11) is 0. The molecule has 0 aliphatic carbocycles. The van der Waals surface area contributed by atoms with Crippen LogP contribution in [0.3, 0.4) is 0 Å². The van der Waals surface area contributed by atoms with Crippen molar-refractivity contribution in [2.24, 2.45) is 0 Å². The molecule has 0 spiro atoms. The number of amides is 2. The molecule has 1 saturated heterocycles. The fourth-order valence-corrected chi connectivity index (χ4v) is 3.71. The van der Waals surface area contributed by atoms with Crippen molar-refractivity contribution >= 4 is 44.2 Å². The van der Waals surface area contributed by atoms with Gasteiger partial charge in [-0.15, -0.1) is 0 Å². The Balaban J connectivity index is 1.41. The van der Waals surface area contributed by atoms with Gasteiger partial charge in [0.05, 0.1) is 5.52 Å². The van der Waals surface area contributed by atoms with Gasteiger partial charge in [0.2, 0.25) is 0 Å². The minimum atomic E-state index is -0.330. The smallest absolute Gasteiger partial charge is 0.319 e. The number of hydrogen-bond donors (Lipinski definition) is 2. The first-order chi connectivity index (χ1) is 13.1. The molecule has 1 fully saturated rings. The van der Waals surface area contributed by atoms with E-state index in [1.165, 1.54) is 24.3 Å². The molecule has 1 aliphatic rings. The van der Waals surface area contributed by atoms with E-state index < -0.39 is 0 Å². The van der Waals surface area contributed by atoms with Crippen LogP contribution in [0.1, 0.15) is 6.42 Å². The number of pyridine rings is 1. The van der Waals surface area contributed by atoms with Gasteiger partial charge in [-0.25, -0.2) is 9.18 Å². The van der Waals surface area contributed by atoms with Crippen LogP contribution in [-0.2, 0) is 0 Å². The predicted octanol–water partition coefficient (Wildman–Crippen LogP) is 4.54. The van der Waals surface area contributed by atoms with Crippen LogP contribution >= 0.6 is 15.9 Å². The monoisotopic (exact) mass is 428 g/mol. The summed E-state index contributed by atoms with van der Waals surface area (Å²) in [6.07, 6.45) is 2.67. The van der Waals surface area contributed by atoms with Crippen LogP contribution in [0.5, 0.6) is 0 Å². The van der Waals surface area contributed by atoms with Gasteiger partial charge in [-0.2, -0.15) is 0 Å². The molecule has 7 heteroatoms. The lowest BCUT2D eigenvalue weighted by atomic mass is 10.2. The van der Waals surface area contributed by atoms with Crippen LogP contribution in [-0.4, -0.2) is 30.1 Å². The van der Waals surface area contributed by atoms with E-state index >= 15 is 0 Å². The molecule has 3 aromatic rings. The summed E-state index contributed by atoms with van der Waals surface area (Å²) in [5, 5.41) is 6.82. The van der Waals surface area contributed by atoms with Crippen LogP contribution < -0.4 is 15.5 Å². The van der Waals surface area contributed by atoms with Crippen LogP contribution in [0, 0.1) is 5.82 Å². The first-order valence-corrected chi connectivity index (χ1v) is 9.50. The molecular formula is C20H18BrFN4O. The van der Waals surface area contributed by atoms with Crippen LogP contribution in [0.15, 0.2) is 59.2 Å². The lowest BCUT2D eigenvalue weighted by Crippen LogP contribution is -2.39. The van der Waals surface area contributed by atoms with Gasteiger partial charge in [0.1, 0.15) is 5.82 Å². The summed E-state index contributed by atoms with van der Waals surface area (Å²) in [5.74, 6) is -0.330. The number of benzene rings is 2. The predicted molar refractivity (Wildman–Crippen MR) is 109 cm³/mol. The second-order valence-electron chi connectivity index (χ2n) is 6.53. The molecular weight excluding hydrogens is 411 g/mol. The number of rotatable bonds is 3. The van der Waals surface area contributed by atoms with Crippen molar-refractivity contribution < 1.29 is 9.18 Å². The number of halogens is 2. The Morgan fingerprint density at radius 1 is 1.19 bits per heavy atom. The van der Waals surface area contributed by atoms with Gasteiger partial charge in [-0.1, -0.05) is 15.9 Å². The molecule has 1 atom stereocenters. The van der Waals surface area contributed by atoms with Crippen molar-refractivity contribution in [2.45, 2.75) is 12.5 Å². The summed E-state index contributed by atoms with van der Waals surface area (Å²) in [6, 6.07) is 13.6. The third-order valence-electron chi connectivity index (χ3n) is 4.65. The Kier molecular flexibility index (Phi) is 4.94. The molecule has 2 N–H and O–H groups in total. The van der Waals surface area contributed by atoms with Gasteiger partial charge in [-0.3, -0.25) is 4.98 Å².